The molecule has 19 heavy (non-hydrogen) atoms. The van der Waals surface area contributed by atoms with Crippen molar-refractivity contribution in [2.24, 2.45) is 0 Å². The van der Waals surface area contributed by atoms with Crippen molar-refractivity contribution in [1.29, 1.82) is 0 Å². The maximum Gasteiger partial charge on any atom is 0.326 e. The molecule has 0 fully saturated rings. The second-order valence-corrected chi connectivity index (χ2v) is 4.61. The number of carboxylic acids is 1. The van der Waals surface area contributed by atoms with Crippen molar-refractivity contribution in [3.63, 3.8) is 0 Å². The van der Waals surface area contributed by atoms with Crippen LogP contribution in [0.15, 0.2) is 29.2 Å². The van der Waals surface area contributed by atoms with E-state index in [2.05, 4.69) is 10.6 Å². The van der Waals surface area contributed by atoms with Crippen LogP contribution in [0.3, 0.4) is 0 Å². The Morgan fingerprint density at radius 1 is 1.42 bits per heavy atom. The SMILES string of the molecule is CSc1cccc(NC(=O)N[C@H](CCO)C(=O)O)c1. The first-order chi connectivity index (χ1) is 9.06. The van der Waals surface area contributed by atoms with E-state index in [0.29, 0.717) is 5.69 Å². The van der Waals surface area contributed by atoms with E-state index in [1.165, 1.54) is 11.8 Å². The fourth-order valence-corrected chi connectivity index (χ4v) is 1.87. The molecule has 0 spiro atoms. The van der Waals surface area contributed by atoms with Crippen LogP contribution in [0.5, 0.6) is 0 Å². The van der Waals surface area contributed by atoms with E-state index < -0.39 is 18.0 Å². The summed E-state index contributed by atoms with van der Waals surface area (Å²) in [6.45, 7) is -0.306. The van der Waals surface area contributed by atoms with Gasteiger partial charge in [-0.1, -0.05) is 6.07 Å². The highest BCUT2D eigenvalue weighted by molar-refractivity contribution is 7.98. The summed E-state index contributed by atoms with van der Waals surface area (Å²) in [4.78, 5) is 23.4. The zero-order valence-corrected chi connectivity index (χ0v) is 11.2. The lowest BCUT2D eigenvalue weighted by Gasteiger charge is -2.14. The fourth-order valence-electron chi connectivity index (χ4n) is 1.41. The molecule has 0 aliphatic rings. The van der Waals surface area contributed by atoms with Gasteiger partial charge in [0.1, 0.15) is 6.04 Å². The molecule has 0 heterocycles. The van der Waals surface area contributed by atoms with E-state index >= 15 is 0 Å². The van der Waals surface area contributed by atoms with Crippen LogP contribution >= 0.6 is 11.8 Å². The molecule has 7 heteroatoms. The summed E-state index contributed by atoms with van der Waals surface area (Å²) in [7, 11) is 0. The van der Waals surface area contributed by atoms with Crippen LogP contribution in [0.2, 0.25) is 0 Å². The van der Waals surface area contributed by atoms with Crippen molar-refractivity contribution in [2.75, 3.05) is 18.2 Å². The first-order valence-corrected chi connectivity index (χ1v) is 6.84. The number of aliphatic carboxylic acids is 1. The molecule has 0 radical (unpaired) electrons. The summed E-state index contributed by atoms with van der Waals surface area (Å²) < 4.78 is 0. The number of carbonyl (C=O) groups excluding carboxylic acids is 1. The monoisotopic (exact) mass is 284 g/mol. The summed E-state index contributed by atoms with van der Waals surface area (Å²) in [5, 5.41) is 22.4. The summed E-state index contributed by atoms with van der Waals surface area (Å²) in [5.41, 5.74) is 0.581. The van der Waals surface area contributed by atoms with E-state index in [0.717, 1.165) is 4.90 Å². The van der Waals surface area contributed by atoms with Crippen molar-refractivity contribution >= 4 is 29.4 Å². The number of carbonyl (C=O) groups is 2. The third kappa shape index (κ3) is 5.19. The number of nitrogens with one attached hydrogen (secondary N) is 2. The highest BCUT2D eigenvalue weighted by atomic mass is 32.2. The number of hydrogen-bond donors (Lipinski definition) is 4. The lowest BCUT2D eigenvalue weighted by Crippen LogP contribution is -2.43. The first kappa shape index (κ1) is 15.3. The van der Waals surface area contributed by atoms with Crippen molar-refractivity contribution in [1.82, 2.24) is 5.32 Å². The summed E-state index contributed by atoms with van der Waals surface area (Å²) in [5.74, 6) is -1.18. The zero-order valence-electron chi connectivity index (χ0n) is 10.4. The zero-order chi connectivity index (χ0) is 14.3. The Kier molecular flexibility index (Phi) is 6.17. The topological polar surface area (TPSA) is 98.7 Å². The van der Waals surface area contributed by atoms with Crippen molar-refractivity contribution in [3.05, 3.63) is 24.3 Å². The molecule has 0 bridgehead atoms. The summed E-state index contributed by atoms with van der Waals surface area (Å²) >= 11 is 1.54. The Balaban J connectivity index is 2.60. The highest BCUT2D eigenvalue weighted by Gasteiger charge is 2.19. The van der Waals surface area contributed by atoms with Gasteiger partial charge in [0.25, 0.3) is 0 Å². The minimum absolute atomic E-state index is 0.0341. The highest BCUT2D eigenvalue weighted by Crippen LogP contribution is 2.18. The number of anilines is 1. The number of urea groups is 1. The molecule has 4 N–H and O–H groups in total. The van der Waals surface area contributed by atoms with E-state index in [-0.39, 0.29) is 13.0 Å². The lowest BCUT2D eigenvalue weighted by molar-refractivity contribution is -0.139. The largest absolute Gasteiger partial charge is 0.480 e. The van der Waals surface area contributed by atoms with E-state index in [1.54, 1.807) is 18.2 Å². The normalized spacial score (nSPS) is 11.7. The molecular weight excluding hydrogens is 268 g/mol. The fraction of sp³-hybridized carbons (Fsp3) is 0.333. The Bertz CT molecular complexity index is 453. The van der Waals surface area contributed by atoms with Gasteiger partial charge in [-0.25, -0.2) is 9.59 Å². The van der Waals surface area contributed by atoms with Crippen LogP contribution in [0.1, 0.15) is 6.42 Å². The summed E-state index contributed by atoms with van der Waals surface area (Å²) in [6, 6.07) is 5.48. The predicted octanol–water partition coefficient (Wildman–Crippen LogP) is 1.37. The molecule has 0 aromatic heterocycles. The number of aliphatic hydroxyl groups is 1. The van der Waals surface area contributed by atoms with Crippen LogP contribution in [0.4, 0.5) is 10.5 Å². The molecule has 0 unspecified atom stereocenters. The van der Waals surface area contributed by atoms with Crippen molar-refractivity contribution in [2.45, 2.75) is 17.4 Å². The lowest BCUT2D eigenvalue weighted by atomic mass is 10.2. The Morgan fingerprint density at radius 3 is 2.74 bits per heavy atom. The van der Waals surface area contributed by atoms with Gasteiger partial charge >= 0.3 is 12.0 Å². The number of hydrogen-bond acceptors (Lipinski definition) is 4. The average molecular weight is 284 g/mol. The van der Waals surface area contributed by atoms with Gasteiger partial charge in [-0.15, -0.1) is 11.8 Å². The Hall–Kier alpha value is -1.73. The minimum atomic E-state index is -1.18. The summed E-state index contributed by atoms with van der Waals surface area (Å²) in [6.07, 6.45) is 1.88. The molecule has 2 amide bonds. The number of rotatable bonds is 6. The van der Waals surface area contributed by atoms with Gasteiger partial charge in [0.15, 0.2) is 0 Å². The number of carboxylic acid groups (broad SMARTS) is 1. The average Bonchev–Trinajstić information content (AvgIpc) is 2.38. The van der Waals surface area contributed by atoms with Gasteiger partial charge in [-0.3, -0.25) is 0 Å². The Labute approximate surface area is 115 Å². The molecule has 0 saturated carbocycles. The first-order valence-electron chi connectivity index (χ1n) is 5.62. The third-order valence-corrected chi connectivity index (χ3v) is 3.07. The van der Waals surface area contributed by atoms with Crippen LogP contribution in [0, 0.1) is 0 Å². The second-order valence-electron chi connectivity index (χ2n) is 3.73. The quantitative estimate of drug-likeness (QED) is 0.591. The number of amides is 2. The molecular formula is C12H16N2O4S. The van der Waals surface area contributed by atoms with Crippen LogP contribution in [0.25, 0.3) is 0 Å². The van der Waals surface area contributed by atoms with Crippen molar-refractivity contribution in [3.8, 4) is 0 Å². The number of aliphatic hydroxyl groups excluding tert-OH is 1. The van der Waals surface area contributed by atoms with Crippen LogP contribution in [-0.4, -0.2) is 41.1 Å². The maximum absolute atomic E-state index is 11.6. The molecule has 1 aromatic carbocycles. The maximum atomic E-state index is 11.6. The minimum Gasteiger partial charge on any atom is -0.480 e. The van der Waals surface area contributed by atoms with Gasteiger partial charge in [0.05, 0.1) is 0 Å². The standard InChI is InChI=1S/C12H16N2O4S/c1-19-9-4-2-3-8(7-9)13-12(18)14-10(5-6-15)11(16)17/h2-4,7,10,15H,5-6H2,1H3,(H,16,17)(H2,13,14,18)/t10-/m1/s1. The van der Waals surface area contributed by atoms with Gasteiger partial charge in [0, 0.05) is 23.6 Å². The van der Waals surface area contributed by atoms with E-state index in [9.17, 15) is 9.59 Å². The number of benzene rings is 1. The molecule has 1 atom stereocenters. The molecule has 0 aliphatic carbocycles. The van der Waals surface area contributed by atoms with Crippen LogP contribution in [-0.2, 0) is 4.79 Å². The molecule has 104 valence electrons. The number of thioether (sulfide) groups is 1. The smallest absolute Gasteiger partial charge is 0.326 e. The molecule has 0 aliphatic heterocycles. The van der Waals surface area contributed by atoms with Crippen molar-refractivity contribution < 1.29 is 19.8 Å². The molecule has 1 aromatic rings. The van der Waals surface area contributed by atoms with Gasteiger partial charge in [-0.2, -0.15) is 0 Å². The van der Waals surface area contributed by atoms with Gasteiger partial charge in [-0.05, 0) is 24.5 Å². The third-order valence-electron chi connectivity index (χ3n) is 2.35. The van der Waals surface area contributed by atoms with Crippen LogP contribution < -0.4 is 10.6 Å². The van der Waals surface area contributed by atoms with Gasteiger partial charge in [0.2, 0.25) is 0 Å². The van der Waals surface area contributed by atoms with E-state index in [1.807, 2.05) is 12.3 Å². The molecule has 6 nitrogen and oxygen atoms in total. The van der Waals surface area contributed by atoms with Gasteiger partial charge < -0.3 is 20.8 Å². The Morgan fingerprint density at radius 2 is 2.16 bits per heavy atom. The van der Waals surface area contributed by atoms with E-state index in [4.69, 9.17) is 10.2 Å². The second kappa shape index (κ2) is 7.65. The molecule has 1 rings (SSSR count). The molecule has 0 saturated heterocycles. The predicted molar refractivity (Wildman–Crippen MR) is 73.5 cm³/mol.